The molecule has 0 bridgehead atoms. The molecular formula is C26H23F3N8O. The number of methoxy groups -OCH3 is 1. The van der Waals surface area contributed by atoms with Crippen molar-refractivity contribution in [3.05, 3.63) is 71.3 Å². The fourth-order valence-electron chi connectivity index (χ4n) is 4.55. The van der Waals surface area contributed by atoms with Crippen molar-refractivity contribution in [2.45, 2.75) is 45.3 Å². The first-order chi connectivity index (χ1) is 18.2. The van der Waals surface area contributed by atoms with Crippen LogP contribution in [0.2, 0.25) is 0 Å². The van der Waals surface area contributed by atoms with Gasteiger partial charge in [0, 0.05) is 11.6 Å². The zero-order valence-corrected chi connectivity index (χ0v) is 20.9. The SMILES string of the molecule is COc1ncnc(C2CC2)c1-c1ncc2nc(C)n(Cc3ccc(-n4nc(C(F)(F)F)cc4C)cc3)c2n1. The lowest BCUT2D eigenvalue weighted by Gasteiger charge is -2.11. The number of imidazole rings is 1. The molecule has 0 saturated heterocycles. The minimum absolute atomic E-state index is 0.344. The van der Waals surface area contributed by atoms with Gasteiger partial charge in [0.1, 0.15) is 23.2 Å². The minimum atomic E-state index is -4.49. The quantitative estimate of drug-likeness (QED) is 0.310. The molecule has 12 heteroatoms. The molecule has 0 spiro atoms. The molecule has 194 valence electrons. The van der Waals surface area contributed by atoms with Crippen LogP contribution >= 0.6 is 0 Å². The Kier molecular flexibility index (Phi) is 5.62. The Hall–Kier alpha value is -4.35. The molecule has 4 heterocycles. The molecule has 6 rings (SSSR count). The molecule has 1 aliphatic rings. The Morgan fingerprint density at radius 3 is 2.45 bits per heavy atom. The van der Waals surface area contributed by atoms with Crippen LogP contribution in [0.3, 0.4) is 0 Å². The third-order valence-electron chi connectivity index (χ3n) is 6.60. The highest BCUT2D eigenvalue weighted by Gasteiger charge is 2.34. The molecule has 9 nitrogen and oxygen atoms in total. The average molecular weight is 521 g/mol. The van der Waals surface area contributed by atoms with Gasteiger partial charge in [-0.05, 0) is 50.5 Å². The van der Waals surface area contributed by atoms with Crippen molar-refractivity contribution in [2.24, 2.45) is 0 Å². The number of fused-ring (bicyclic) bond motifs is 1. The number of aromatic nitrogens is 8. The van der Waals surface area contributed by atoms with Crippen molar-refractivity contribution in [3.63, 3.8) is 0 Å². The van der Waals surface area contributed by atoms with E-state index in [2.05, 4.69) is 25.0 Å². The summed E-state index contributed by atoms with van der Waals surface area (Å²) in [6.45, 7) is 3.95. The van der Waals surface area contributed by atoms with E-state index in [9.17, 15) is 13.2 Å². The summed E-state index contributed by atoms with van der Waals surface area (Å²) in [6.07, 6.45) is 0.801. The maximum absolute atomic E-state index is 13.1. The van der Waals surface area contributed by atoms with Gasteiger partial charge < -0.3 is 9.30 Å². The second kappa shape index (κ2) is 8.89. The molecular weight excluding hydrogens is 497 g/mol. The van der Waals surface area contributed by atoms with Gasteiger partial charge in [0.05, 0.1) is 31.2 Å². The molecule has 0 aliphatic heterocycles. The second-order valence-corrected chi connectivity index (χ2v) is 9.31. The van der Waals surface area contributed by atoms with Gasteiger partial charge in [-0.15, -0.1) is 0 Å². The van der Waals surface area contributed by atoms with E-state index in [1.807, 2.05) is 23.6 Å². The standard InChI is InChI=1S/C26H23F3N8O/c1-14-10-20(26(27,28)29)35-37(14)18-8-4-16(5-9-18)12-36-15(2)33-19-11-30-23(34-24(19)36)21-22(17-6-7-17)31-13-32-25(21)38-3/h4-5,8-11,13,17H,6-7,12H2,1-3H3. The van der Waals surface area contributed by atoms with Crippen molar-refractivity contribution in [2.75, 3.05) is 7.11 Å². The highest BCUT2D eigenvalue weighted by molar-refractivity contribution is 5.75. The molecule has 0 amide bonds. The Balaban J connectivity index is 1.34. The van der Waals surface area contributed by atoms with Gasteiger partial charge in [0.2, 0.25) is 5.88 Å². The van der Waals surface area contributed by atoms with Crippen LogP contribution in [0.5, 0.6) is 5.88 Å². The normalized spacial score (nSPS) is 13.8. The Bertz CT molecular complexity index is 1650. The van der Waals surface area contributed by atoms with Gasteiger partial charge in [-0.3, -0.25) is 0 Å². The van der Waals surface area contributed by atoms with Crippen LogP contribution in [0, 0.1) is 13.8 Å². The lowest BCUT2D eigenvalue weighted by atomic mass is 10.1. The lowest BCUT2D eigenvalue weighted by Crippen LogP contribution is -2.08. The molecule has 4 aromatic heterocycles. The molecule has 38 heavy (non-hydrogen) atoms. The second-order valence-electron chi connectivity index (χ2n) is 9.31. The summed E-state index contributed by atoms with van der Waals surface area (Å²) in [5.74, 6) is 2.01. The summed E-state index contributed by atoms with van der Waals surface area (Å²) >= 11 is 0. The van der Waals surface area contributed by atoms with Gasteiger partial charge in [0.15, 0.2) is 17.2 Å². The van der Waals surface area contributed by atoms with E-state index in [0.29, 0.717) is 52.3 Å². The monoisotopic (exact) mass is 520 g/mol. The first kappa shape index (κ1) is 24.0. The lowest BCUT2D eigenvalue weighted by molar-refractivity contribution is -0.141. The van der Waals surface area contributed by atoms with E-state index in [0.717, 1.165) is 36.0 Å². The van der Waals surface area contributed by atoms with Gasteiger partial charge in [0.25, 0.3) is 0 Å². The van der Waals surface area contributed by atoms with E-state index < -0.39 is 11.9 Å². The average Bonchev–Trinajstić information content (AvgIpc) is 3.60. The van der Waals surface area contributed by atoms with Crippen LogP contribution in [-0.2, 0) is 12.7 Å². The van der Waals surface area contributed by atoms with Crippen LogP contribution in [0.25, 0.3) is 28.2 Å². The molecule has 0 N–H and O–H groups in total. The van der Waals surface area contributed by atoms with Crippen LogP contribution < -0.4 is 4.74 Å². The molecule has 0 atom stereocenters. The van der Waals surface area contributed by atoms with Crippen molar-refractivity contribution in [1.82, 2.24) is 39.3 Å². The van der Waals surface area contributed by atoms with Crippen LogP contribution in [-0.4, -0.2) is 46.4 Å². The summed E-state index contributed by atoms with van der Waals surface area (Å²) in [5.41, 5.74) is 3.84. The maximum Gasteiger partial charge on any atom is 0.435 e. The molecule has 1 aliphatic carbocycles. The van der Waals surface area contributed by atoms with Crippen molar-refractivity contribution in [1.29, 1.82) is 0 Å². The Labute approximate surface area is 215 Å². The zero-order chi connectivity index (χ0) is 26.6. The Morgan fingerprint density at radius 2 is 1.79 bits per heavy atom. The maximum atomic E-state index is 13.1. The summed E-state index contributed by atoms with van der Waals surface area (Å²) in [4.78, 5) is 22.8. The fraction of sp³-hybridized carbons (Fsp3) is 0.308. The number of nitrogens with zero attached hydrogens (tertiary/aromatic N) is 8. The number of rotatable bonds is 6. The predicted octanol–water partition coefficient (Wildman–Crippen LogP) is 5.04. The van der Waals surface area contributed by atoms with E-state index in [1.54, 1.807) is 32.4 Å². The van der Waals surface area contributed by atoms with E-state index in [4.69, 9.17) is 9.72 Å². The van der Waals surface area contributed by atoms with Crippen molar-refractivity contribution < 1.29 is 17.9 Å². The topological polar surface area (TPSA) is 96.4 Å². The van der Waals surface area contributed by atoms with Crippen LogP contribution in [0.1, 0.15) is 47.2 Å². The predicted molar refractivity (Wildman–Crippen MR) is 132 cm³/mol. The van der Waals surface area contributed by atoms with Gasteiger partial charge in [-0.1, -0.05) is 12.1 Å². The number of ether oxygens (including phenoxy) is 1. The number of halogens is 3. The fourth-order valence-corrected chi connectivity index (χ4v) is 4.55. The summed E-state index contributed by atoms with van der Waals surface area (Å²) in [6, 6.07) is 8.25. The first-order valence-corrected chi connectivity index (χ1v) is 12.0. The van der Waals surface area contributed by atoms with Gasteiger partial charge in [-0.25, -0.2) is 29.6 Å². The van der Waals surface area contributed by atoms with Crippen molar-refractivity contribution in [3.8, 4) is 23.0 Å². The van der Waals surface area contributed by atoms with Crippen LogP contribution in [0.4, 0.5) is 13.2 Å². The van der Waals surface area contributed by atoms with Gasteiger partial charge in [-0.2, -0.15) is 18.3 Å². The minimum Gasteiger partial charge on any atom is -0.480 e. The summed E-state index contributed by atoms with van der Waals surface area (Å²) in [5, 5.41) is 3.73. The smallest absolute Gasteiger partial charge is 0.435 e. The molecule has 1 saturated carbocycles. The van der Waals surface area contributed by atoms with Gasteiger partial charge >= 0.3 is 6.18 Å². The Morgan fingerprint density at radius 1 is 1.03 bits per heavy atom. The van der Waals surface area contributed by atoms with E-state index in [-0.39, 0.29) is 0 Å². The number of benzene rings is 1. The summed E-state index contributed by atoms with van der Waals surface area (Å²) in [7, 11) is 1.56. The zero-order valence-electron chi connectivity index (χ0n) is 20.9. The highest BCUT2D eigenvalue weighted by atomic mass is 19.4. The summed E-state index contributed by atoms with van der Waals surface area (Å²) < 4.78 is 48.0. The highest BCUT2D eigenvalue weighted by Crippen LogP contribution is 2.44. The van der Waals surface area contributed by atoms with E-state index >= 15 is 0 Å². The molecule has 5 aromatic rings. The van der Waals surface area contributed by atoms with E-state index in [1.165, 1.54) is 11.0 Å². The molecule has 1 fully saturated rings. The number of alkyl halides is 3. The molecule has 0 unspecified atom stereocenters. The first-order valence-electron chi connectivity index (χ1n) is 12.0. The largest absolute Gasteiger partial charge is 0.480 e. The number of aryl methyl sites for hydroxylation is 2. The van der Waals surface area contributed by atoms with Crippen LogP contribution in [0.15, 0.2) is 42.9 Å². The van der Waals surface area contributed by atoms with Crippen molar-refractivity contribution >= 4 is 11.2 Å². The number of hydrogen-bond acceptors (Lipinski definition) is 7. The third-order valence-corrected chi connectivity index (χ3v) is 6.60. The number of hydrogen-bond donors (Lipinski definition) is 0. The molecule has 1 aromatic carbocycles. The molecule has 0 radical (unpaired) electrons. The third kappa shape index (κ3) is 4.25.